The van der Waals surface area contributed by atoms with Crippen molar-refractivity contribution in [1.82, 2.24) is 4.72 Å². The molecule has 0 aromatic heterocycles. The Morgan fingerprint density at radius 2 is 1.70 bits per heavy atom. The first-order chi connectivity index (χ1) is 9.17. The van der Waals surface area contributed by atoms with Crippen LogP contribution in [-0.2, 0) is 19.6 Å². The molecule has 1 N–H and O–H groups in total. The zero-order valence-corrected chi connectivity index (χ0v) is 12.0. The molecular weight excluding hydrogens is 292 g/mol. The molecule has 0 amide bonds. The molecule has 0 saturated carbocycles. The van der Waals surface area contributed by atoms with Gasteiger partial charge in [-0.15, -0.1) is 0 Å². The van der Waals surface area contributed by atoms with E-state index in [0.29, 0.717) is 18.2 Å². The molecule has 0 radical (unpaired) electrons. The molecule has 0 heterocycles. The van der Waals surface area contributed by atoms with Crippen LogP contribution in [0.5, 0.6) is 0 Å². The van der Waals surface area contributed by atoms with Crippen LogP contribution in [0.4, 0.5) is 8.78 Å². The van der Waals surface area contributed by atoms with Crippen molar-refractivity contribution >= 4 is 16.0 Å². The van der Waals surface area contributed by atoms with Gasteiger partial charge in [0.15, 0.2) is 0 Å². The van der Waals surface area contributed by atoms with E-state index in [1.54, 1.807) is 13.8 Å². The van der Waals surface area contributed by atoms with Crippen molar-refractivity contribution in [3.05, 3.63) is 29.8 Å². The predicted octanol–water partition coefficient (Wildman–Crippen LogP) is 1.44. The number of carbonyl (C=O) groups is 1. The van der Waals surface area contributed by atoms with Gasteiger partial charge in [-0.1, -0.05) is 13.8 Å². The zero-order valence-electron chi connectivity index (χ0n) is 11.2. The second-order valence-electron chi connectivity index (χ2n) is 4.47. The number of rotatable bonds is 5. The molecule has 1 atom stereocenters. The molecule has 1 aromatic carbocycles. The lowest BCUT2D eigenvalue weighted by atomic mass is 10.1. The molecule has 1 rings (SSSR count). The molecule has 5 nitrogen and oxygen atoms in total. The molecule has 20 heavy (non-hydrogen) atoms. The minimum Gasteiger partial charge on any atom is -0.468 e. The van der Waals surface area contributed by atoms with E-state index in [0.717, 1.165) is 7.11 Å². The van der Waals surface area contributed by atoms with Crippen molar-refractivity contribution in [1.29, 1.82) is 0 Å². The quantitative estimate of drug-likeness (QED) is 0.836. The van der Waals surface area contributed by atoms with Crippen LogP contribution in [-0.4, -0.2) is 27.5 Å². The minimum absolute atomic E-state index is 0.393. The van der Waals surface area contributed by atoms with Crippen LogP contribution in [0.1, 0.15) is 13.8 Å². The van der Waals surface area contributed by atoms with Gasteiger partial charge in [-0.2, -0.15) is 4.72 Å². The first-order valence-electron chi connectivity index (χ1n) is 5.73. The summed E-state index contributed by atoms with van der Waals surface area (Å²) in [5, 5.41) is 0. The lowest BCUT2D eigenvalue weighted by Gasteiger charge is -2.19. The third-order valence-electron chi connectivity index (χ3n) is 2.55. The fourth-order valence-electron chi connectivity index (χ4n) is 1.50. The molecule has 0 aliphatic carbocycles. The van der Waals surface area contributed by atoms with Crippen LogP contribution >= 0.6 is 0 Å². The maximum Gasteiger partial charge on any atom is 0.324 e. The van der Waals surface area contributed by atoms with Crippen molar-refractivity contribution in [3.8, 4) is 0 Å². The van der Waals surface area contributed by atoms with Gasteiger partial charge in [0.1, 0.15) is 17.7 Å². The van der Waals surface area contributed by atoms with Crippen LogP contribution in [0.25, 0.3) is 0 Å². The van der Waals surface area contributed by atoms with E-state index in [2.05, 4.69) is 9.46 Å². The van der Waals surface area contributed by atoms with Gasteiger partial charge in [-0.25, -0.2) is 17.2 Å². The van der Waals surface area contributed by atoms with E-state index in [1.807, 2.05) is 0 Å². The van der Waals surface area contributed by atoms with Crippen LogP contribution < -0.4 is 4.72 Å². The number of ether oxygens (including phenoxy) is 1. The van der Waals surface area contributed by atoms with Gasteiger partial charge in [0.05, 0.1) is 12.0 Å². The number of sulfonamides is 1. The Hall–Kier alpha value is -1.54. The summed E-state index contributed by atoms with van der Waals surface area (Å²) in [5.41, 5.74) is 0. The topological polar surface area (TPSA) is 72.5 Å². The molecule has 0 aliphatic heterocycles. The smallest absolute Gasteiger partial charge is 0.324 e. The normalized spacial score (nSPS) is 13.3. The van der Waals surface area contributed by atoms with Crippen LogP contribution in [0, 0.1) is 17.6 Å². The predicted molar refractivity (Wildman–Crippen MR) is 67.3 cm³/mol. The number of hydrogen-bond acceptors (Lipinski definition) is 4. The lowest BCUT2D eigenvalue weighted by Crippen LogP contribution is -2.44. The first-order valence-corrected chi connectivity index (χ1v) is 7.22. The summed E-state index contributed by atoms with van der Waals surface area (Å²) in [4.78, 5) is 10.9. The Labute approximate surface area is 116 Å². The Balaban J connectivity index is 3.13. The SMILES string of the molecule is COC(=O)[C@@H](NS(=O)(=O)c1cc(F)cc(F)c1)C(C)C. The molecular formula is C12H15F2NO4S. The number of halogens is 2. The van der Waals surface area contributed by atoms with E-state index in [-0.39, 0.29) is 0 Å². The summed E-state index contributed by atoms with van der Waals surface area (Å²) in [6.45, 7) is 3.21. The largest absolute Gasteiger partial charge is 0.468 e. The highest BCUT2D eigenvalue weighted by molar-refractivity contribution is 7.89. The summed E-state index contributed by atoms with van der Waals surface area (Å²) >= 11 is 0. The Bertz CT molecular complexity index is 581. The third-order valence-corrected chi connectivity index (χ3v) is 3.97. The van der Waals surface area contributed by atoms with Crippen molar-refractivity contribution < 1.29 is 26.7 Å². The van der Waals surface area contributed by atoms with Crippen LogP contribution in [0.2, 0.25) is 0 Å². The van der Waals surface area contributed by atoms with Crippen molar-refractivity contribution in [2.75, 3.05) is 7.11 Å². The molecule has 1 aromatic rings. The first kappa shape index (κ1) is 16.5. The maximum absolute atomic E-state index is 13.1. The van der Waals surface area contributed by atoms with E-state index in [9.17, 15) is 22.0 Å². The molecule has 0 spiro atoms. The fourth-order valence-corrected chi connectivity index (χ4v) is 2.88. The molecule has 0 aliphatic rings. The summed E-state index contributed by atoms with van der Waals surface area (Å²) in [6.07, 6.45) is 0. The number of benzene rings is 1. The molecule has 0 saturated heterocycles. The summed E-state index contributed by atoms with van der Waals surface area (Å²) < 4.78 is 56.7. The number of esters is 1. The molecule has 0 fully saturated rings. The van der Waals surface area contributed by atoms with Crippen LogP contribution in [0.15, 0.2) is 23.1 Å². The lowest BCUT2D eigenvalue weighted by molar-refractivity contribution is -0.143. The molecule has 0 unspecified atom stereocenters. The van der Waals surface area contributed by atoms with Gasteiger partial charge in [0.2, 0.25) is 10.0 Å². The number of hydrogen-bond donors (Lipinski definition) is 1. The number of nitrogens with one attached hydrogen (secondary N) is 1. The molecule has 112 valence electrons. The highest BCUT2D eigenvalue weighted by Gasteiger charge is 2.29. The standard InChI is InChI=1S/C12H15F2NO4S/c1-7(2)11(12(16)19-3)15-20(17,18)10-5-8(13)4-9(14)6-10/h4-7,11,15H,1-3H3/t11-/m0/s1. The van der Waals surface area contributed by atoms with Gasteiger partial charge in [-0.05, 0) is 18.1 Å². The summed E-state index contributed by atoms with van der Waals surface area (Å²) in [7, 11) is -3.12. The second kappa shape index (κ2) is 6.27. The highest BCUT2D eigenvalue weighted by atomic mass is 32.2. The molecule has 0 bridgehead atoms. The molecule has 8 heteroatoms. The van der Waals surface area contributed by atoms with Crippen molar-refractivity contribution in [2.24, 2.45) is 5.92 Å². The van der Waals surface area contributed by atoms with E-state index in [1.165, 1.54) is 0 Å². The second-order valence-corrected chi connectivity index (χ2v) is 6.19. The average molecular weight is 307 g/mol. The van der Waals surface area contributed by atoms with Gasteiger partial charge < -0.3 is 4.74 Å². The average Bonchev–Trinajstić information content (AvgIpc) is 2.33. The Kier molecular flexibility index (Phi) is 5.18. The number of carbonyl (C=O) groups excluding carboxylic acids is 1. The van der Waals surface area contributed by atoms with Crippen molar-refractivity contribution in [2.45, 2.75) is 24.8 Å². The van der Waals surface area contributed by atoms with Crippen LogP contribution in [0.3, 0.4) is 0 Å². The Morgan fingerprint density at radius 3 is 2.10 bits per heavy atom. The minimum atomic E-state index is -4.24. The summed E-state index contributed by atoms with van der Waals surface area (Å²) in [6, 6.07) is 0.746. The maximum atomic E-state index is 13.1. The van der Waals surface area contributed by atoms with Gasteiger partial charge in [-0.3, -0.25) is 4.79 Å². The Morgan fingerprint density at radius 1 is 1.20 bits per heavy atom. The van der Waals surface area contributed by atoms with E-state index >= 15 is 0 Å². The fraction of sp³-hybridized carbons (Fsp3) is 0.417. The van der Waals surface area contributed by atoms with Gasteiger partial charge >= 0.3 is 5.97 Å². The van der Waals surface area contributed by atoms with E-state index < -0.39 is 44.5 Å². The monoisotopic (exact) mass is 307 g/mol. The number of methoxy groups -OCH3 is 1. The van der Waals surface area contributed by atoms with Gasteiger partial charge in [0.25, 0.3) is 0 Å². The van der Waals surface area contributed by atoms with Gasteiger partial charge in [0, 0.05) is 6.07 Å². The van der Waals surface area contributed by atoms with Crippen molar-refractivity contribution in [3.63, 3.8) is 0 Å². The zero-order chi connectivity index (χ0) is 15.5. The highest BCUT2D eigenvalue weighted by Crippen LogP contribution is 2.15. The van der Waals surface area contributed by atoms with E-state index in [4.69, 9.17) is 0 Å². The third kappa shape index (κ3) is 3.97. The summed E-state index contributed by atoms with van der Waals surface area (Å²) in [5.74, 6) is -3.22.